The molecule has 0 unspecified atom stereocenters. The standard InChI is InChI=1S/C33H23NO/c1-2-3-4-5-6-11-21-16-18-27-26(20-21)29-24-14-9-10-15-25(24)31-30-23-13-8-7-12-22(23)17-19-28(30)35-33(31)32(29)34-27/h2-20,34H,1H3/b3-2-,5-4-,11-6+. The molecule has 0 saturated heterocycles. The summed E-state index contributed by atoms with van der Waals surface area (Å²) in [4.78, 5) is 3.69. The third-order valence-electron chi connectivity index (χ3n) is 6.91. The van der Waals surface area contributed by atoms with E-state index >= 15 is 0 Å². The van der Waals surface area contributed by atoms with E-state index in [9.17, 15) is 0 Å². The Morgan fingerprint density at radius 1 is 0.657 bits per heavy atom. The van der Waals surface area contributed by atoms with E-state index in [4.69, 9.17) is 4.42 Å². The molecule has 0 fully saturated rings. The number of nitrogens with one attached hydrogen (secondary N) is 1. The van der Waals surface area contributed by atoms with Gasteiger partial charge in [0.1, 0.15) is 5.58 Å². The van der Waals surface area contributed by atoms with Gasteiger partial charge in [-0.25, -0.2) is 0 Å². The largest absolute Gasteiger partial charge is 0.454 e. The maximum atomic E-state index is 6.58. The summed E-state index contributed by atoms with van der Waals surface area (Å²) < 4.78 is 6.58. The molecule has 0 radical (unpaired) electrons. The minimum atomic E-state index is 0.923. The van der Waals surface area contributed by atoms with Gasteiger partial charge in [-0.1, -0.05) is 97.1 Å². The van der Waals surface area contributed by atoms with Crippen molar-refractivity contribution in [1.29, 1.82) is 0 Å². The SMILES string of the molecule is C\C=C/C=C\C=C\c1ccc2[nH]c3c4oc5ccc6ccccc6c5c4c4ccccc4c3c2c1. The highest BCUT2D eigenvalue weighted by atomic mass is 16.3. The van der Waals surface area contributed by atoms with Crippen LogP contribution in [0.4, 0.5) is 0 Å². The molecule has 2 heterocycles. The lowest BCUT2D eigenvalue weighted by Gasteiger charge is -2.04. The van der Waals surface area contributed by atoms with Crippen LogP contribution in [0, 0.1) is 0 Å². The molecule has 35 heavy (non-hydrogen) atoms. The van der Waals surface area contributed by atoms with E-state index in [0.29, 0.717) is 0 Å². The number of aromatic nitrogens is 1. The lowest BCUT2D eigenvalue weighted by molar-refractivity contribution is 0.672. The van der Waals surface area contributed by atoms with Crippen LogP contribution in [-0.4, -0.2) is 4.98 Å². The molecule has 0 amide bonds. The van der Waals surface area contributed by atoms with Crippen LogP contribution in [0.25, 0.3) is 71.4 Å². The lowest BCUT2D eigenvalue weighted by Crippen LogP contribution is -1.79. The van der Waals surface area contributed by atoms with Crippen LogP contribution in [0.2, 0.25) is 0 Å². The van der Waals surface area contributed by atoms with Crippen LogP contribution in [0.15, 0.2) is 114 Å². The van der Waals surface area contributed by atoms with Crippen LogP contribution in [-0.2, 0) is 0 Å². The van der Waals surface area contributed by atoms with Gasteiger partial charge in [0.15, 0.2) is 5.58 Å². The Balaban J connectivity index is 1.60. The second-order valence-corrected chi connectivity index (χ2v) is 8.96. The van der Waals surface area contributed by atoms with E-state index < -0.39 is 0 Å². The number of aromatic amines is 1. The molecule has 0 spiro atoms. The Hall–Kier alpha value is -4.56. The van der Waals surface area contributed by atoms with E-state index in [1.807, 2.05) is 25.2 Å². The molecular weight excluding hydrogens is 426 g/mol. The number of hydrogen-bond acceptors (Lipinski definition) is 1. The van der Waals surface area contributed by atoms with Gasteiger partial charge < -0.3 is 9.40 Å². The molecule has 0 saturated carbocycles. The molecule has 2 heteroatoms. The van der Waals surface area contributed by atoms with Gasteiger partial charge >= 0.3 is 0 Å². The third-order valence-corrected chi connectivity index (χ3v) is 6.91. The highest BCUT2D eigenvalue weighted by Gasteiger charge is 2.20. The topological polar surface area (TPSA) is 28.9 Å². The van der Waals surface area contributed by atoms with E-state index in [-0.39, 0.29) is 0 Å². The second kappa shape index (κ2) is 7.75. The van der Waals surface area contributed by atoms with Crippen molar-refractivity contribution in [2.45, 2.75) is 6.92 Å². The third kappa shape index (κ3) is 2.97. The van der Waals surface area contributed by atoms with Gasteiger partial charge in [0, 0.05) is 27.1 Å². The van der Waals surface area contributed by atoms with Gasteiger partial charge in [-0.15, -0.1) is 0 Å². The summed E-state index contributed by atoms with van der Waals surface area (Å²) in [7, 11) is 0. The summed E-state index contributed by atoms with van der Waals surface area (Å²) >= 11 is 0. The van der Waals surface area contributed by atoms with Crippen LogP contribution >= 0.6 is 0 Å². The second-order valence-electron chi connectivity index (χ2n) is 8.96. The Morgan fingerprint density at radius 2 is 1.43 bits per heavy atom. The van der Waals surface area contributed by atoms with Crippen molar-refractivity contribution >= 4 is 71.4 Å². The first-order chi connectivity index (χ1) is 17.3. The summed E-state index contributed by atoms with van der Waals surface area (Å²) in [5, 5.41) is 9.71. The Kier molecular flexibility index (Phi) is 4.40. The zero-order chi connectivity index (χ0) is 23.4. The Morgan fingerprint density at radius 3 is 2.29 bits per heavy atom. The normalized spacial score (nSPS) is 12.9. The average molecular weight is 450 g/mol. The van der Waals surface area contributed by atoms with Crippen molar-refractivity contribution in [1.82, 2.24) is 4.98 Å². The van der Waals surface area contributed by atoms with Crippen LogP contribution in [0.1, 0.15) is 12.5 Å². The van der Waals surface area contributed by atoms with Crippen molar-refractivity contribution < 1.29 is 4.42 Å². The molecule has 2 nitrogen and oxygen atoms in total. The smallest absolute Gasteiger partial charge is 0.160 e. The monoisotopic (exact) mass is 449 g/mol. The minimum absolute atomic E-state index is 0.923. The molecular formula is C33H23NO. The number of hydrogen-bond donors (Lipinski definition) is 1. The van der Waals surface area contributed by atoms with E-state index in [1.165, 1.54) is 48.7 Å². The highest BCUT2D eigenvalue weighted by molar-refractivity contribution is 6.36. The maximum absolute atomic E-state index is 6.58. The first kappa shape index (κ1) is 19.9. The number of rotatable bonds is 3. The molecule has 0 bridgehead atoms. The summed E-state index contributed by atoms with van der Waals surface area (Å²) in [6.07, 6.45) is 12.4. The molecule has 0 atom stereocenters. The van der Waals surface area contributed by atoms with Crippen molar-refractivity contribution in [3.05, 3.63) is 115 Å². The fourth-order valence-corrected chi connectivity index (χ4v) is 5.39. The van der Waals surface area contributed by atoms with Crippen LogP contribution < -0.4 is 0 Å². The highest BCUT2D eigenvalue weighted by Crippen LogP contribution is 2.45. The maximum Gasteiger partial charge on any atom is 0.160 e. The van der Waals surface area contributed by atoms with Crippen molar-refractivity contribution in [2.75, 3.05) is 0 Å². The zero-order valence-corrected chi connectivity index (χ0v) is 19.4. The molecule has 5 aromatic carbocycles. The van der Waals surface area contributed by atoms with Crippen molar-refractivity contribution in [2.24, 2.45) is 0 Å². The van der Waals surface area contributed by atoms with Crippen LogP contribution in [0.5, 0.6) is 0 Å². The number of H-pyrrole nitrogens is 1. The molecule has 7 rings (SSSR count). The molecule has 0 aliphatic heterocycles. The summed E-state index contributed by atoms with van der Waals surface area (Å²) in [5.74, 6) is 0. The molecule has 0 aliphatic carbocycles. The van der Waals surface area contributed by atoms with E-state index in [1.54, 1.807) is 0 Å². The van der Waals surface area contributed by atoms with Gasteiger partial charge in [-0.2, -0.15) is 0 Å². The van der Waals surface area contributed by atoms with Gasteiger partial charge in [-0.3, -0.25) is 0 Å². The Bertz CT molecular complexity index is 2010. The fourth-order valence-electron chi connectivity index (χ4n) is 5.39. The quantitative estimate of drug-likeness (QED) is 0.267. The molecule has 2 aromatic heterocycles. The predicted octanol–water partition coefficient (Wildman–Crippen LogP) is 9.67. The number of benzene rings is 5. The summed E-state index contributed by atoms with van der Waals surface area (Å²) in [6, 6.07) is 28.1. The molecule has 0 aliphatic rings. The van der Waals surface area contributed by atoms with Gasteiger partial charge in [-0.05, 0) is 52.2 Å². The lowest BCUT2D eigenvalue weighted by atomic mass is 9.96. The molecule has 7 aromatic rings. The first-order valence-electron chi connectivity index (χ1n) is 12.0. The van der Waals surface area contributed by atoms with Crippen molar-refractivity contribution in [3.63, 3.8) is 0 Å². The van der Waals surface area contributed by atoms with Crippen LogP contribution in [0.3, 0.4) is 0 Å². The minimum Gasteiger partial charge on any atom is -0.454 e. The van der Waals surface area contributed by atoms with E-state index in [2.05, 4.69) is 102 Å². The average Bonchev–Trinajstić information content (AvgIpc) is 3.48. The van der Waals surface area contributed by atoms with Gasteiger partial charge in [0.05, 0.1) is 5.52 Å². The Labute approximate surface area is 202 Å². The molecule has 166 valence electrons. The fraction of sp³-hybridized carbons (Fsp3) is 0.0303. The summed E-state index contributed by atoms with van der Waals surface area (Å²) in [5.41, 5.74) is 5.19. The van der Waals surface area contributed by atoms with Gasteiger partial charge in [0.2, 0.25) is 0 Å². The predicted molar refractivity (Wildman–Crippen MR) is 151 cm³/mol. The van der Waals surface area contributed by atoms with Crippen molar-refractivity contribution in [3.8, 4) is 0 Å². The zero-order valence-electron chi connectivity index (χ0n) is 19.4. The van der Waals surface area contributed by atoms with Gasteiger partial charge in [0.25, 0.3) is 0 Å². The van der Waals surface area contributed by atoms with E-state index in [0.717, 1.165) is 22.2 Å². The first-order valence-corrected chi connectivity index (χ1v) is 12.0. The number of furan rings is 1. The summed E-state index contributed by atoms with van der Waals surface area (Å²) in [6.45, 7) is 2.02. The number of allylic oxidation sites excluding steroid dienone is 5. The number of fused-ring (bicyclic) bond motifs is 12. The molecule has 1 N–H and O–H groups in total.